The normalized spacial score (nSPS) is 14.5. The van der Waals surface area contributed by atoms with Gasteiger partial charge in [0.05, 0.1) is 51.2 Å². The smallest absolute Gasteiger partial charge is 0.255 e. The van der Waals surface area contributed by atoms with Crippen LogP contribution in [0.15, 0.2) is 152 Å². The van der Waals surface area contributed by atoms with Gasteiger partial charge in [0.15, 0.2) is 0 Å². The number of fused-ring (bicyclic) bond motifs is 17. The van der Waals surface area contributed by atoms with Gasteiger partial charge in [0.2, 0.25) is 0 Å². The number of aromatic amines is 2. The molecule has 2 atom stereocenters. The number of amides is 1. The summed E-state index contributed by atoms with van der Waals surface area (Å²) in [7, 11) is 6.82. The maximum Gasteiger partial charge on any atom is 0.255 e. The maximum absolute atomic E-state index is 14.4. The van der Waals surface area contributed by atoms with Crippen molar-refractivity contribution in [1.29, 1.82) is 0 Å². The molecule has 1 amide bonds. The summed E-state index contributed by atoms with van der Waals surface area (Å²) >= 11 is 0. The van der Waals surface area contributed by atoms with E-state index in [0.717, 1.165) is 163 Å². The molecule has 7 aromatic carbocycles. The third kappa shape index (κ3) is 8.06. The molecule has 0 saturated heterocycles. The summed E-state index contributed by atoms with van der Waals surface area (Å²) in [5.74, 6) is 2.94. The van der Waals surface area contributed by atoms with E-state index in [1.54, 1.807) is 28.4 Å². The fourth-order valence-corrected chi connectivity index (χ4v) is 12.8. The Labute approximate surface area is 468 Å². The van der Waals surface area contributed by atoms with Crippen LogP contribution in [0, 0.1) is 13.8 Å². The molecule has 10 aromatic rings. The number of carbonyl (C=O) groups excluding carboxylic acids is 1. The summed E-state index contributed by atoms with van der Waals surface area (Å²) < 4.78 is 24.4. The molecule has 4 aliphatic rings. The Bertz CT molecular complexity index is 4450. The summed E-state index contributed by atoms with van der Waals surface area (Å²) in [6.07, 6.45) is 9.23. The zero-order valence-electron chi connectivity index (χ0n) is 45.6. The van der Waals surface area contributed by atoms with Crippen molar-refractivity contribution in [2.24, 2.45) is 0 Å². The van der Waals surface area contributed by atoms with Crippen LogP contribution >= 0.6 is 0 Å². The molecule has 81 heavy (non-hydrogen) atoms. The second-order valence-electron chi connectivity index (χ2n) is 21.2. The van der Waals surface area contributed by atoms with Crippen LogP contribution in [0.1, 0.15) is 84.8 Å². The summed E-state index contributed by atoms with van der Waals surface area (Å²) in [6, 6.07) is 51.3. The van der Waals surface area contributed by atoms with Crippen molar-refractivity contribution in [3.05, 3.63) is 213 Å². The zero-order valence-corrected chi connectivity index (χ0v) is 45.6. The van der Waals surface area contributed by atoms with Crippen molar-refractivity contribution in [3.63, 3.8) is 0 Å². The number of H-pyrrole nitrogens is 2. The summed E-state index contributed by atoms with van der Waals surface area (Å²) in [6.45, 7) is 4.19. The number of nitrogens with one attached hydrogen (secondary N) is 3. The van der Waals surface area contributed by atoms with Gasteiger partial charge >= 0.3 is 0 Å². The second-order valence-corrected chi connectivity index (χ2v) is 21.2. The molecule has 2 aliphatic carbocycles. The standard InChI is InChI=1S/C70H56N6O5/c1-37-7-11-39(12-8-37)60-50-25-29-54(73-50)62(41-15-20-44(71)21-16-41)55-30-26-51(74-55)61(40-13-9-38(2)10-14-40)53-28-32-57(76-53)63(56-31-27-52(60)75-56)42-17-22-45(23-18-42)72-70(77)43-19-24-46-47(35-43)69(81-6)67-49-36-48(66(67)68(46)80-5)64-58(78-3)33-34-59(79-4)65(49)64/h7-35,48-49,73,76H,36,71H2,1-6H3,(H,72,77)/t48-,49+/m1/s1. The van der Waals surface area contributed by atoms with Gasteiger partial charge in [0.25, 0.3) is 5.91 Å². The Hall–Kier alpha value is -10.1. The number of nitrogens with two attached hydrogens (primary N) is 1. The highest BCUT2D eigenvalue weighted by molar-refractivity contribution is 6.09. The molecule has 5 heterocycles. The Morgan fingerprint density at radius 3 is 1.27 bits per heavy atom. The molecule has 0 fully saturated rings. The highest BCUT2D eigenvalue weighted by Crippen LogP contribution is 2.66. The number of ether oxygens (including phenoxy) is 4. The number of aromatic nitrogens is 4. The van der Waals surface area contributed by atoms with Gasteiger partial charge in [-0.1, -0.05) is 83.9 Å². The molecule has 2 aliphatic heterocycles. The molecule has 0 spiro atoms. The van der Waals surface area contributed by atoms with Gasteiger partial charge in [0.1, 0.15) is 23.0 Å². The highest BCUT2D eigenvalue weighted by atomic mass is 16.5. The molecule has 10 bridgehead atoms. The zero-order chi connectivity index (χ0) is 55.2. The lowest BCUT2D eigenvalue weighted by Gasteiger charge is -2.27. The minimum atomic E-state index is -0.258. The molecule has 14 rings (SSSR count). The minimum absolute atomic E-state index is 0.00200. The van der Waals surface area contributed by atoms with Crippen molar-refractivity contribution < 1.29 is 23.7 Å². The van der Waals surface area contributed by atoms with Crippen molar-refractivity contribution in [3.8, 4) is 67.5 Å². The van der Waals surface area contributed by atoms with E-state index in [9.17, 15) is 4.79 Å². The van der Waals surface area contributed by atoms with Crippen molar-refractivity contribution in [1.82, 2.24) is 19.9 Å². The largest absolute Gasteiger partial charge is 0.496 e. The fourth-order valence-electron chi connectivity index (χ4n) is 12.8. The first-order valence-electron chi connectivity index (χ1n) is 27.1. The van der Waals surface area contributed by atoms with Crippen LogP contribution in [0.25, 0.3) is 102 Å². The van der Waals surface area contributed by atoms with Gasteiger partial charge in [-0.3, -0.25) is 4.79 Å². The number of nitrogen functional groups attached to an aromatic ring is 1. The lowest BCUT2D eigenvalue weighted by molar-refractivity contribution is 0.102. The summed E-state index contributed by atoms with van der Waals surface area (Å²) in [4.78, 5) is 33.1. The average Bonchev–Trinajstić information content (AvgIpc) is 3.26. The first-order chi connectivity index (χ1) is 39.6. The van der Waals surface area contributed by atoms with Gasteiger partial charge in [-0.15, -0.1) is 0 Å². The van der Waals surface area contributed by atoms with Crippen LogP contribution in [-0.2, 0) is 0 Å². The van der Waals surface area contributed by atoms with E-state index in [1.165, 1.54) is 0 Å². The lowest BCUT2D eigenvalue weighted by Crippen LogP contribution is -2.13. The number of methoxy groups -OCH3 is 4. The Morgan fingerprint density at radius 2 is 0.864 bits per heavy atom. The maximum atomic E-state index is 14.4. The molecular weight excluding hydrogens is 1000 g/mol. The number of nitrogens with zero attached hydrogens (tertiary/aromatic N) is 2. The topological polar surface area (TPSA) is 149 Å². The van der Waals surface area contributed by atoms with E-state index in [4.69, 9.17) is 34.6 Å². The van der Waals surface area contributed by atoms with Crippen LogP contribution in [0.3, 0.4) is 0 Å². The average molecular weight is 1060 g/mol. The highest BCUT2D eigenvalue weighted by Gasteiger charge is 2.49. The van der Waals surface area contributed by atoms with Crippen molar-refractivity contribution in [2.75, 3.05) is 39.5 Å². The van der Waals surface area contributed by atoms with E-state index in [0.29, 0.717) is 16.9 Å². The van der Waals surface area contributed by atoms with Crippen LogP contribution in [0.5, 0.6) is 23.0 Å². The predicted octanol–water partition coefficient (Wildman–Crippen LogP) is 15.9. The minimum Gasteiger partial charge on any atom is -0.496 e. The Balaban J connectivity index is 0.901. The molecule has 0 saturated carbocycles. The Morgan fingerprint density at radius 1 is 0.469 bits per heavy atom. The van der Waals surface area contributed by atoms with E-state index >= 15 is 0 Å². The van der Waals surface area contributed by atoms with Crippen molar-refractivity contribution >= 4 is 74.4 Å². The second kappa shape index (κ2) is 19.3. The first kappa shape index (κ1) is 49.2. The molecule has 11 heteroatoms. The van der Waals surface area contributed by atoms with Gasteiger partial charge in [0, 0.05) is 106 Å². The molecule has 11 nitrogen and oxygen atoms in total. The van der Waals surface area contributed by atoms with E-state index < -0.39 is 0 Å². The van der Waals surface area contributed by atoms with Gasteiger partial charge in [-0.2, -0.15) is 0 Å². The van der Waals surface area contributed by atoms with E-state index in [1.807, 2.05) is 66.7 Å². The SMILES string of the molecule is COc1ccc(OC)c2c1[C@H]1C[C@@H]2c2c1c(OC)c1ccc(C(=O)Nc3ccc(-c4c5nc(c(-c6ccc(C)cc6)c6ccc([nH]6)c(-c6ccc(N)cc6)c6nc(c(-c7ccc(C)cc7)c7ccc4[nH]7)C=C6)C=C5)cc3)cc1c2OC. The van der Waals surface area contributed by atoms with Crippen LogP contribution in [0.4, 0.5) is 11.4 Å². The monoisotopic (exact) mass is 1060 g/mol. The molecule has 396 valence electrons. The molecular formula is C70H56N6O5. The molecule has 3 aromatic heterocycles. The van der Waals surface area contributed by atoms with Crippen LogP contribution < -0.4 is 30.0 Å². The van der Waals surface area contributed by atoms with Gasteiger partial charge in [-0.25, -0.2) is 9.97 Å². The quantitative estimate of drug-likeness (QED) is 0.0989. The van der Waals surface area contributed by atoms with Crippen molar-refractivity contribution in [2.45, 2.75) is 32.1 Å². The third-order valence-corrected chi connectivity index (χ3v) is 16.5. The molecule has 0 radical (unpaired) electrons. The van der Waals surface area contributed by atoms with Gasteiger partial charge in [-0.05, 0) is 146 Å². The first-order valence-corrected chi connectivity index (χ1v) is 27.1. The summed E-state index contributed by atoms with van der Waals surface area (Å²) in [5.41, 5.74) is 29.3. The fraction of sp³-hybridized carbons (Fsp3) is 0.129. The number of rotatable bonds is 10. The number of hydrogen-bond acceptors (Lipinski definition) is 8. The number of aryl methyl sites for hydroxylation is 2. The van der Waals surface area contributed by atoms with Gasteiger partial charge < -0.3 is 40.0 Å². The number of carbonyl (C=O) groups is 1. The Kier molecular flexibility index (Phi) is 11.7. The van der Waals surface area contributed by atoms with E-state index in [2.05, 4.69) is 138 Å². The molecule has 0 unspecified atom stereocenters. The van der Waals surface area contributed by atoms with Crippen LogP contribution in [0.2, 0.25) is 0 Å². The number of anilines is 2. The van der Waals surface area contributed by atoms with Crippen LogP contribution in [-0.4, -0.2) is 54.3 Å². The van der Waals surface area contributed by atoms with E-state index in [-0.39, 0.29) is 17.7 Å². The number of hydrogen-bond donors (Lipinski definition) is 4. The summed E-state index contributed by atoms with van der Waals surface area (Å²) in [5, 5.41) is 4.87. The molecule has 5 N–H and O–H groups in total. The lowest BCUT2D eigenvalue weighted by atomic mass is 9.82. The predicted molar refractivity (Wildman–Crippen MR) is 327 cm³/mol. The third-order valence-electron chi connectivity index (χ3n) is 16.5. The number of benzene rings is 7.